The second-order valence-electron chi connectivity index (χ2n) is 3.75. The van der Waals surface area contributed by atoms with E-state index in [1.807, 2.05) is 0 Å². The van der Waals surface area contributed by atoms with Gasteiger partial charge in [0.05, 0.1) is 17.1 Å². The van der Waals surface area contributed by atoms with Gasteiger partial charge in [0, 0.05) is 13.2 Å². The van der Waals surface area contributed by atoms with Crippen molar-refractivity contribution in [3.05, 3.63) is 35.7 Å². The Bertz CT molecular complexity index is 563. The molecule has 0 saturated heterocycles. The van der Waals surface area contributed by atoms with E-state index in [1.54, 1.807) is 24.9 Å². The smallest absolute Gasteiger partial charge is 0.184 e. The van der Waals surface area contributed by atoms with Crippen molar-refractivity contribution in [3.63, 3.8) is 0 Å². The summed E-state index contributed by atoms with van der Waals surface area (Å²) in [5, 5.41) is 6.83. The Hall–Kier alpha value is -2.11. The summed E-state index contributed by atoms with van der Waals surface area (Å²) in [4.78, 5) is 0. The molecule has 0 aliphatic carbocycles. The summed E-state index contributed by atoms with van der Waals surface area (Å²) in [5.41, 5.74) is 6.94. The Balaban J connectivity index is 2.43. The summed E-state index contributed by atoms with van der Waals surface area (Å²) in [7, 11) is 1.74. The molecule has 4 nitrogen and oxygen atoms in total. The Morgan fingerprint density at radius 3 is 2.65 bits per heavy atom. The number of hydrogen-bond donors (Lipinski definition) is 2. The maximum atomic E-state index is 13.5. The average molecular weight is 238 g/mol. The lowest BCUT2D eigenvalue weighted by Gasteiger charge is -2.09. The molecule has 0 atom stereocenters. The summed E-state index contributed by atoms with van der Waals surface area (Å²) in [5.74, 6) is -1.93. The van der Waals surface area contributed by atoms with Gasteiger partial charge in [0.2, 0.25) is 0 Å². The predicted octanol–water partition coefficient (Wildman–Crippen LogP) is 2.33. The lowest BCUT2D eigenvalue weighted by Crippen LogP contribution is -2.01. The van der Waals surface area contributed by atoms with Crippen LogP contribution in [0.2, 0.25) is 0 Å². The van der Waals surface area contributed by atoms with Crippen molar-refractivity contribution in [1.82, 2.24) is 9.78 Å². The molecule has 0 bridgehead atoms. The molecule has 1 aromatic carbocycles. The fourth-order valence-corrected chi connectivity index (χ4v) is 1.55. The molecular weight excluding hydrogens is 226 g/mol. The third kappa shape index (κ3) is 2.06. The summed E-state index contributed by atoms with van der Waals surface area (Å²) in [6.07, 6.45) is 1.67. The minimum absolute atomic E-state index is 0.0684. The van der Waals surface area contributed by atoms with E-state index in [-0.39, 0.29) is 11.4 Å². The maximum absolute atomic E-state index is 13.5. The molecule has 6 heteroatoms. The van der Waals surface area contributed by atoms with Gasteiger partial charge in [-0.2, -0.15) is 5.10 Å². The number of nitrogens with one attached hydrogen (secondary N) is 1. The van der Waals surface area contributed by atoms with Crippen LogP contribution in [-0.4, -0.2) is 9.78 Å². The molecule has 90 valence electrons. The molecule has 3 N–H and O–H groups in total. The minimum Gasteiger partial charge on any atom is -0.397 e. The van der Waals surface area contributed by atoms with Gasteiger partial charge in [-0.3, -0.25) is 4.68 Å². The molecule has 17 heavy (non-hydrogen) atoms. The largest absolute Gasteiger partial charge is 0.397 e. The Morgan fingerprint density at radius 1 is 1.35 bits per heavy atom. The van der Waals surface area contributed by atoms with Gasteiger partial charge in [0.25, 0.3) is 0 Å². The lowest BCUT2D eigenvalue weighted by atomic mass is 10.2. The van der Waals surface area contributed by atoms with E-state index in [4.69, 9.17) is 5.73 Å². The number of rotatable bonds is 2. The van der Waals surface area contributed by atoms with Crippen molar-refractivity contribution in [2.24, 2.45) is 7.05 Å². The van der Waals surface area contributed by atoms with Gasteiger partial charge in [-0.25, -0.2) is 8.78 Å². The van der Waals surface area contributed by atoms with Crippen molar-refractivity contribution >= 4 is 17.1 Å². The number of nitrogen functional groups attached to an aromatic ring is 1. The van der Waals surface area contributed by atoms with Crippen molar-refractivity contribution < 1.29 is 8.78 Å². The van der Waals surface area contributed by atoms with Crippen LogP contribution >= 0.6 is 0 Å². The first-order valence-corrected chi connectivity index (χ1v) is 5.00. The number of anilines is 3. The Morgan fingerprint density at radius 2 is 2.06 bits per heavy atom. The van der Waals surface area contributed by atoms with E-state index in [1.165, 1.54) is 6.07 Å². The van der Waals surface area contributed by atoms with Crippen molar-refractivity contribution in [2.45, 2.75) is 6.92 Å². The molecule has 1 heterocycles. The molecular formula is C11H12F2N4. The number of halogens is 2. The van der Waals surface area contributed by atoms with Gasteiger partial charge < -0.3 is 11.1 Å². The molecule has 0 unspecified atom stereocenters. The lowest BCUT2D eigenvalue weighted by molar-refractivity contribution is 0.512. The molecule has 0 aliphatic rings. The van der Waals surface area contributed by atoms with Crippen LogP contribution < -0.4 is 11.1 Å². The monoisotopic (exact) mass is 238 g/mol. The SMILES string of the molecule is Cc1nn(C)cc1Nc1c(N)ccc(F)c1F. The van der Waals surface area contributed by atoms with Gasteiger partial charge in [-0.15, -0.1) is 0 Å². The second-order valence-corrected chi connectivity index (χ2v) is 3.75. The van der Waals surface area contributed by atoms with Crippen LogP contribution in [0.25, 0.3) is 0 Å². The van der Waals surface area contributed by atoms with Crippen molar-refractivity contribution in [3.8, 4) is 0 Å². The van der Waals surface area contributed by atoms with Gasteiger partial charge in [-0.05, 0) is 19.1 Å². The molecule has 0 amide bonds. The highest BCUT2D eigenvalue weighted by Gasteiger charge is 2.13. The van der Waals surface area contributed by atoms with Gasteiger partial charge >= 0.3 is 0 Å². The van der Waals surface area contributed by atoms with Crippen LogP contribution in [0.15, 0.2) is 18.3 Å². The Labute approximate surface area is 97.0 Å². The first kappa shape index (κ1) is 11.4. The standard InChI is InChI=1S/C11H12F2N4/c1-6-9(5-17(2)16-6)15-11-8(14)4-3-7(12)10(11)13/h3-5,15H,14H2,1-2H3. The van der Waals surface area contributed by atoms with Crippen LogP contribution in [0, 0.1) is 18.6 Å². The number of hydrogen-bond acceptors (Lipinski definition) is 3. The molecule has 1 aromatic heterocycles. The maximum Gasteiger partial charge on any atom is 0.184 e. The van der Waals surface area contributed by atoms with Crippen LogP contribution in [0.3, 0.4) is 0 Å². The average Bonchev–Trinajstić information content (AvgIpc) is 2.58. The summed E-state index contributed by atoms with van der Waals surface area (Å²) in [6, 6.07) is 2.30. The number of aryl methyl sites for hydroxylation is 2. The summed E-state index contributed by atoms with van der Waals surface area (Å²) >= 11 is 0. The second kappa shape index (κ2) is 4.04. The van der Waals surface area contributed by atoms with E-state index in [2.05, 4.69) is 10.4 Å². The zero-order valence-electron chi connectivity index (χ0n) is 9.46. The van der Waals surface area contributed by atoms with E-state index in [0.717, 1.165) is 6.07 Å². The van der Waals surface area contributed by atoms with E-state index < -0.39 is 11.6 Å². The predicted molar refractivity (Wildman–Crippen MR) is 62.0 cm³/mol. The summed E-state index contributed by atoms with van der Waals surface area (Å²) < 4.78 is 28.2. The molecule has 0 radical (unpaired) electrons. The van der Waals surface area contributed by atoms with Crippen LogP contribution in [0.4, 0.5) is 25.8 Å². The van der Waals surface area contributed by atoms with Gasteiger partial charge in [0.15, 0.2) is 11.6 Å². The molecule has 0 spiro atoms. The normalized spacial score (nSPS) is 10.6. The highest BCUT2D eigenvalue weighted by atomic mass is 19.2. The van der Waals surface area contributed by atoms with Gasteiger partial charge in [0.1, 0.15) is 5.69 Å². The fourth-order valence-electron chi connectivity index (χ4n) is 1.55. The van der Waals surface area contributed by atoms with E-state index >= 15 is 0 Å². The Kier molecular flexibility index (Phi) is 2.71. The third-order valence-electron chi connectivity index (χ3n) is 2.40. The van der Waals surface area contributed by atoms with Gasteiger partial charge in [-0.1, -0.05) is 0 Å². The summed E-state index contributed by atoms with van der Waals surface area (Å²) in [6.45, 7) is 1.76. The first-order valence-electron chi connectivity index (χ1n) is 5.00. The van der Waals surface area contributed by atoms with Crippen LogP contribution in [0.5, 0.6) is 0 Å². The third-order valence-corrected chi connectivity index (χ3v) is 2.40. The van der Waals surface area contributed by atoms with E-state index in [9.17, 15) is 8.78 Å². The fraction of sp³-hybridized carbons (Fsp3) is 0.182. The molecule has 0 fully saturated rings. The quantitative estimate of drug-likeness (QED) is 0.789. The zero-order chi connectivity index (χ0) is 12.6. The molecule has 0 saturated carbocycles. The number of nitrogens with zero attached hydrogens (tertiary/aromatic N) is 2. The number of nitrogens with two attached hydrogens (primary N) is 1. The van der Waals surface area contributed by atoms with Crippen LogP contribution in [0.1, 0.15) is 5.69 Å². The van der Waals surface area contributed by atoms with Crippen molar-refractivity contribution in [1.29, 1.82) is 0 Å². The molecule has 2 rings (SSSR count). The van der Waals surface area contributed by atoms with Crippen molar-refractivity contribution in [2.75, 3.05) is 11.1 Å². The molecule has 2 aromatic rings. The molecule has 0 aliphatic heterocycles. The number of benzene rings is 1. The highest BCUT2D eigenvalue weighted by molar-refractivity contribution is 5.73. The topological polar surface area (TPSA) is 55.9 Å². The zero-order valence-corrected chi connectivity index (χ0v) is 9.46. The minimum atomic E-state index is -0.992. The van der Waals surface area contributed by atoms with E-state index in [0.29, 0.717) is 11.4 Å². The first-order chi connectivity index (χ1) is 7.99. The van der Waals surface area contributed by atoms with Crippen LogP contribution in [-0.2, 0) is 7.05 Å². The highest BCUT2D eigenvalue weighted by Crippen LogP contribution is 2.28. The number of aromatic nitrogens is 2.